The van der Waals surface area contributed by atoms with Crippen LogP contribution in [0.1, 0.15) is 75.0 Å². The van der Waals surface area contributed by atoms with Gasteiger partial charge in [-0.3, -0.25) is 4.79 Å². The molecule has 0 aromatic heterocycles. The molecule has 1 N–H and O–H groups in total. The molecule has 0 saturated heterocycles. The van der Waals surface area contributed by atoms with Crippen molar-refractivity contribution >= 4 is 18.0 Å². The molecule has 0 radical (unpaired) electrons. The Labute approximate surface area is 208 Å². The summed E-state index contributed by atoms with van der Waals surface area (Å²) in [5, 5.41) is 2.81. The second-order valence-corrected chi connectivity index (χ2v) is 10.5. The molecule has 0 saturated carbocycles. The molecule has 1 atom stereocenters. The molecular weight excluding hydrogens is 446 g/mol. The topological polar surface area (TPSA) is 90.9 Å². The molecule has 0 bridgehead atoms. The van der Waals surface area contributed by atoms with Gasteiger partial charge in [0.25, 0.3) is 0 Å². The van der Waals surface area contributed by atoms with E-state index in [1.807, 2.05) is 31.2 Å². The van der Waals surface area contributed by atoms with Crippen LogP contribution in [0.2, 0.25) is 0 Å². The zero-order chi connectivity index (χ0) is 26.2. The van der Waals surface area contributed by atoms with Crippen LogP contribution in [0.25, 0.3) is 0 Å². The number of hydrogen-bond donors (Lipinski definition) is 1. The molecule has 1 amide bonds. The summed E-state index contributed by atoms with van der Waals surface area (Å²) in [5.41, 5.74) is 1.90. The van der Waals surface area contributed by atoms with Crippen molar-refractivity contribution in [3.8, 4) is 0 Å². The number of nitrogens with one attached hydrogen (secondary N) is 1. The van der Waals surface area contributed by atoms with Gasteiger partial charge in [0.1, 0.15) is 17.8 Å². The average Bonchev–Trinajstić information content (AvgIpc) is 2.71. The number of amides is 1. The van der Waals surface area contributed by atoms with E-state index in [1.54, 1.807) is 65.8 Å². The van der Waals surface area contributed by atoms with Crippen molar-refractivity contribution in [3.05, 3.63) is 70.8 Å². The van der Waals surface area contributed by atoms with Gasteiger partial charge in [0, 0.05) is 6.04 Å². The van der Waals surface area contributed by atoms with Gasteiger partial charge in [-0.2, -0.15) is 0 Å². The maximum atomic E-state index is 12.5. The first-order valence-electron chi connectivity index (χ1n) is 11.7. The average molecular weight is 484 g/mol. The maximum absolute atomic E-state index is 12.5. The summed E-state index contributed by atoms with van der Waals surface area (Å²) in [5.74, 6) is -0.814. The zero-order valence-corrected chi connectivity index (χ0v) is 21.8. The van der Waals surface area contributed by atoms with Gasteiger partial charge in [-0.05, 0) is 83.7 Å². The van der Waals surface area contributed by atoms with Crippen LogP contribution in [0, 0.1) is 6.92 Å². The minimum Gasteiger partial charge on any atom is -0.460 e. The van der Waals surface area contributed by atoms with E-state index in [2.05, 4.69) is 5.32 Å². The monoisotopic (exact) mass is 483 g/mol. The number of rotatable bonds is 8. The summed E-state index contributed by atoms with van der Waals surface area (Å²) in [7, 11) is 0. The van der Waals surface area contributed by atoms with Crippen LogP contribution in [0.15, 0.2) is 48.5 Å². The molecule has 2 aromatic carbocycles. The first kappa shape index (κ1) is 27.9. The van der Waals surface area contributed by atoms with Crippen molar-refractivity contribution < 1.29 is 28.6 Å². The number of carbonyl (C=O) groups excluding carboxylic acids is 3. The zero-order valence-electron chi connectivity index (χ0n) is 21.8. The molecule has 0 aliphatic heterocycles. The van der Waals surface area contributed by atoms with E-state index in [1.165, 1.54) is 0 Å². The Hall–Kier alpha value is -3.35. The summed E-state index contributed by atoms with van der Waals surface area (Å²) in [4.78, 5) is 37.2. The Morgan fingerprint density at radius 1 is 0.886 bits per heavy atom. The van der Waals surface area contributed by atoms with Crippen LogP contribution in [-0.2, 0) is 32.0 Å². The van der Waals surface area contributed by atoms with Crippen molar-refractivity contribution in [2.75, 3.05) is 0 Å². The Kier molecular flexibility index (Phi) is 9.46. The highest BCUT2D eigenvalue weighted by atomic mass is 16.6. The molecule has 7 nitrogen and oxygen atoms in total. The number of alkyl carbamates (subject to hydrolysis) is 1. The Balaban J connectivity index is 2.14. The van der Waals surface area contributed by atoms with E-state index < -0.39 is 35.3 Å². The third-order valence-corrected chi connectivity index (χ3v) is 4.81. The van der Waals surface area contributed by atoms with Gasteiger partial charge in [0.2, 0.25) is 0 Å². The standard InChI is InChI=1S/C28H37NO6/c1-19-13-14-20(18-33-25(31)21-11-9-8-10-12-21)15-22(19)16-23(17-24(30)34-27(2,3)4)29-26(32)35-28(5,6)7/h8-15,23H,16-18H2,1-7H3,(H,29,32). The van der Waals surface area contributed by atoms with Crippen LogP contribution in [0.4, 0.5) is 4.79 Å². The first-order chi connectivity index (χ1) is 16.2. The van der Waals surface area contributed by atoms with Gasteiger partial charge in [0.05, 0.1) is 12.0 Å². The van der Waals surface area contributed by atoms with E-state index in [-0.39, 0.29) is 13.0 Å². The lowest BCUT2D eigenvalue weighted by molar-refractivity contribution is -0.155. The Bertz CT molecular complexity index is 988. The number of benzene rings is 2. The lowest BCUT2D eigenvalue weighted by Gasteiger charge is -2.25. The highest BCUT2D eigenvalue weighted by Crippen LogP contribution is 2.18. The molecular formula is C28H37NO6. The smallest absolute Gasteiger partial charge is 0.407 e. The van der Waals surface area contributed by atoms with E-state index in [0.717, 1.165) is 16.7 Å². The van der Waals surface area contributed by atoms with Gasteiger partial charge >= 0.3 is 18.0 Å². The second kappa shape index (κ2) is 11.9. The van der Waals surface area contributed by atoms with Crippen LogP contribution in [0.3, 0.4) is 0 Å². The number of aryl methyl sites for hydroxylation is 1. The lowest BCUT2D eigenvalue weighted by Crippen LogP contribution is -2.42. The molecule has 0 spiro atoms. The van der Waals surface area contributed by atoms with Crippen molar-refractivity contribution in [3.63, 3.8) is 0 Å². The number of esters is 2. The molecule has 0 fully saturated rings. The fourth-order valence-corrected chi connectivity index (χ4v) is 3.34. The van der Waals surface area contributed by atoms with Gasteiger partial charge in [0.15, 0.2) is 0 Å². The van der Waals surface area contributed by atoms with Crippen LogP contribution in [-0.4, -0.2) is 35.3 Å². The highest BCUT2D eigenvalue weighted by Gasteiger charge is 2.25. The molecule has 0 aliphatic rings. The normalized spacial score (nSPS) is 12.4. The predicted octanol–water partition coefficient (Wildman–Crippen LogP) is 5.52. The summed E-state index contributed by atoms with van der Waals surface area (Å²) in [6.07, 6.45) is -0.231. The summed E-state index contributed by atoms with van der Waals surface area (Å²) in [6, 6.07) is 14.0. The number of ether oxygens (including phenoxy) is 3. The molecule has 1 unspecified atom stereocenters. The molecule has 0 heterocycles. The summed E-state index contributed by atoms with van der Waals surface area (Å²) in [6.45, 7) is 12.8. The minimum absolute atomic E-state index is 0.0107. The molecule has 35 heavy (non-hydrogen) atoms. The van der Waals surface area contributed by atoms with Gasteiger partial charge in [-0.15, -0.1) is 0 Å². The lowest BCUT2D eigenvalue weighted by atomic mass is 9.97. The van der Waals surface area contributed by atoms with Crippen molar-refractivity contribution in [2.45, 2.75) is 85.2 Å². The first-order valence-corrected chi connectivity index (χ1v) is 11.7. The Morgan fingerprint density at radius 2 is 1.51 bits per heavy atom. The van der Waals surface area contributed by atoms with Gasteiger partial charge in [-0.25, -0.2) is 9.59 Å². The predicted molar refractivity (Wildman–Crippen MR) is 134 cm³/mol. The number of carbonyl (C=O) groups is 3. The summed E-state index contributed by atoms with van der Waals surface area (Å²) >= 11 is 0. The number of hydrogen-bond acceptors (Lipinski definition) is 6. The SMILES string of the molecule is Cc1ccc(COC(=O)c2ccccc2)cc1CC(CC(=O)OC(C)(C)C)NC(=O)OC(C)(C)C. The van der Waals surface area contributed by atoms with Crippen LogP contribution in [0.5, 0.6) is 0 Å². The molecule has 0 aliphatic carbocycles. The largest absolute Gasteiger partial charge is 0.460 e. The molecule has 190 valence electrons. The van der Waals surface area contributed by atoms with Crippen LogP contribution >= 0.6 is 0 Å². The van der Waals surface area contributed by atoms with Crippen molar-refractivity contribution in [1.82, 2.24) is 5.32 Å². The molecule has 2 aromatic rings. The third-order valence-electron chi connectivity index (χ3n) is 4.81. The highest BCUT2D eigenvalue weighted by molar-refractivity contribution is 5.89. The van der Waals surface area contributed by atoms with E-state index in [9.17, 15) is 14.4 Å². The van der Waals surface area contributed by atoms with Gasteiger partial charge in [-0.1, -0.05) is 36.4 Å². The van der Waals surface area contributed by atoms with Crippen molar-refractivity contribution in [2.24, 2.45) is 0 Å². The van der Waals surface area contributed by atoms with Gasteiger partial charge < -0.3 is 19.5 Å². The fraction of sp³-hybridized carbons (Fsp3) is 0.464. The second-order valence-electron chi connectivity index (χ2n) is 10.5. The maximum Gasteiger partial charge on any atom is 0.407 e. The Morgan fingerprint density at radius 3 is 2.11 bits per heavy atom. The fourth-order valence-electron chi connectivity index (χ4n) is 3.34. The molecule has 7 heteroatoms. The van der Waals surface area contributed by atoms with E-state index in [4.69, 9.17) is 14.2 Å². The van der Waals surface area contributed by atoms with Crippen LogP contribution < -0.4 is 5.32 Å². The van der Waals surface area contributed by atoms with E-state index in [0.29, 0.717) is 12.0 Å². The van der Waals surface area contributed by atoms with E-state index >= 15 is 0 Å². The van der Waals surface area contributed by atoms with Crippen molar-refractivity contribution in [1.29, 1.82) is 0 Å². The quantitative estimate of drug-likeness (QED) is 0.393. The third kappa shape index (κ3) is 10.6. The minimum atomic E-state index is -0.668. The molecule has 2 rings (SSSR count). The summed E-state index contributed by atoms with van der Waals surface area (Å²) < 4.78 is 16.3.